The van der Waals surface area contributed by atoms with Crippen LogP contribution in [0.4, 0.5) is 5.69 Å². The Morgan fingerprint density at radius 1 is 0.871 bits per heavy atom. The van der Waals surface area contributed by atoms with Crippen LogP contribution < -0.4 is 4.72 Å². The van der Waals surface area contributed by atoms with Gasteiger partial charge in [0.15, 0.2) is 0 Å². The van der Waals surface area contributed by atoms with Gasteiger partial charge in [-0.3, -0.25) is 9.71 Å². The lowest BCUT2D eigenvalue weighted by molar-refractivity contribution is 0.0696. The molecule has 6 nitrogen and oxygen atoms in total. The summed E-state index contributed by atoms with van der Waals surface area (Å²) in [6.45, 7) is 0. The zero-order chi connectivity index (χ0) is 21.8. The van der Waals surface area contributed by atoms with E-state index in [-0.39, 0.29) is 10.5 Å². The number of aromatic carboxylic acids is 1. The van der Waals surface area contributed by atoms with E-state index in [1.54, 1.807) is 42.5 Å². The van der Waals surface area contributed by atoms with Crippen LogP contribution in [-0.2, 0) is 10.0 Å². The van der Waals surface area contributed by atoms with E-state index in [1.165, 1.54) is 18.5 Å². The van der Waals surface area contributed by atoms with Crippen molar-refractivity contribution in [2.45, 2.75) is 4.90 Å². The number of sulfonamides is 1. The first-order chi connectivity index (χ1) is 14.9. The molecule has 0 saturated carbocycles. The van der Waals surface area contributed by atoms with Crippen molar-refractivity contribution >= 4 is 32.5 Å². The van der Waals surface area contributed by atoms with Crippen molar-refractivity contribution in [1.29, 1.82) is 0 Å². The van der Waals surface area contributed by atoms with Crippen molar-refractivity contribution < 1.29 is 18.3 Å². The van der Waals surface area contributed by atoms with E-state index in [4.69, 9.17) is 5.11 Å². The third-order valence-corrected chi connectivity index (χ3v) is 5.89. The van der Waals surface area contributed by atoms with Crippen LogP contribution in [-0.4, -0.2) is 24.5 Å². The lowest BCUT2D eigenvalue weighted by Crippen LogP contribution is -2.13. The monoisotopic (exact) mass is 428 g/mol. The van der Waals surface area contributed by atoms with Gasteiger partial charge in [0.25, 0.3) is 10.0 Å². The molecule has 7 heteroatoms. The average Bonchev–Trinajstić information content (AvgIpc) is 2.78. The summed E-state index contributed by atoms with van der Waals surface area (Å²) in [5.41, 5.74) is 1.21. The molecule has 0 atom stereocenters. The fourth-order valence-corrected chi connectivity index (χ4v) is 4.10. The van der Waals surface area contributed by atoms with E-state index in [2.05, 4.69) is 21.5 Å². The zero-order valence-corrected chi connectivity index (χ0v) is 16.9. The van der Waals surface area contributed by atoms with Crippen LogP contribution in [0.25, 0.3) is 10.8 Å². The van der Waals surface area contributed by atoms with Gasteiger partial charge in [-0.15, -0.1) is 0 Å². The van der Waals surface area contributed by atoms with Gasteiger partial charge in [-0.25, -0.2) is 13.2 Å². The molecule has 2 N–H and O–H groups in total. The number of anilines is 1. The van der Waals surface area contributed by atoms with E-state index in [9.17, 15) is 13.2 Å². The predicted molar refractivity (Wildman–Crippen MR) is 118 cm³/mol. The van der Waals surface area contributed by atoms with Gasteiger partial charge in [0.05, 0.1) is 16.1 Å². The Morgan fingerprint density at radius 3 is 2.42 bits per heavy atom. The highest BCUT2D eigenvalue weighted by Gasteiger charge is 2.16. The van der Waals surface area contributed by atoms with Crippen LogP contribution in [0.1, 0.15) is 21.5 Å². The molecule has 0 spiro atoms. The average molecular weight is 428 g/mol. The summed E-state index contributed by atoms with van der Waals surface area (Å²) in [5.74, 6) is 4.63. The van der Waals surface area contributed by atoms with Crippen molar-refractivity contribution in [2.75, 3.05) is 4.72 Å². The molecule has 3 aromatic carbocycles. The molecule has 0 unspecified atom stereocenters. The Labute approximate surface area is 179 Å². The molecule has 0 saturated heterocycles. The van der Waals surface area contributed by atoms with Crippen molar-refractivity contribution in [3.63, 3.8) is 0 Å². The number of hydrogen-bond acceptors (Lipinski definition) is 4. The minimum absolute atomic E-state index is 0.0251. The lowest BCUT2D eigenvalue weighted by Gasteiger charge is -2.10. The van der Waals surface area contributed by atoms with Crippen molar-refractivity contribution in [3.8, 4) is 11.8 Å². The maximum atomic E-state index is 13.0. The highest BCUT2D eigenvalue weighted by atomic mass is 32.2. The Hall–Kier alpha value is -4.15. The molecule has 0 amide bonds. The SMILES string of the molecule is O=C(O)c1cncc(C#Cc2ccccc2NS(=O)(=O)c2ccc3ccccc3c2)c1. The first-order valence-corrected chi connectivity index (χ1v) is 10.7. The Balaban J connectivity index is 1.66. The molecule has 0 aliphatic carbocycles. The molecule has 0 bridgehead atoms. The molecule has 31 heavy (non-hydrogen) atoms. The number of nitrogens with one attached hydrogen (secondary N) is 1. The molecule has 0 fully saturated rings. The maximum absolute atomic E-state index is 13.0. The van der Waals surface area contributed by atoms with Gasteiger partial charge in [-0.2, -0.15) is 0 Å². The van der Waals surface area contributed by atoms with Crippen molar-refractivity contribution in [2.24, 2.45) is 0 Å². The fourth-order valence-electron chi connectivity index (χ4n) is 2.98. The van der Waals surface area contributed by atoms with Crippen molar-refractivity contribution in [1.82, 2.24) is 4.98 Å². The molecule has 152 valence electrons. The van der Waals surface area contributed by atoms with E-state index >= 15 is 0 Å². The number of aromatic nitrogens is 1. The largest absolute Gasteiger partial charge is 0.478 e. The van der Waals surface area contributed by atoms with Crippen LogP contribution in [0.15, 0.2) is 90.1 Å². The number of para-hydroxylation sites is 1. The van der Waals surface area contributed by atoms with Crippen LogP contribution in [0.5, 0.6) is 0 Å². The van der Waals surface area contributed by atoms with Crippen LogP contribution in [0, 0.1) is 11.8 Å². The van der Waals surface area contributed by atoms with Crippen LogP contribution in [0.3, 0.4) is 0 Å². The summed E-state index contributed by atoms with van der Waals surface area (Å²) in [7, 11) is -3.84. The van der Waals surface area contributed by atoms with Gasteiger partial charge in [0.1, 0.15) is 0 Å². The molecule has 0 aliphatic heterocycles. The summed E-state index contributed by atoms with van der Waals surface area (Å²) >= 11 is 0. The Morgan fingerprint density at radius 2 is 1.61 bits per heavy atom. The smallest absolute Gasteiger partial charge is 0.337 e. The highest BCUT2D eigenvalue weighted by molar-refractivity contribution is 7.92. The summed E-state index contributed by atoms with van der Waals surface area (Å²) in [5, 5.41) is 10.8. The minimum atomic E-state index is -3.84. The number of carboxylic acid groups (broad SMARTS) is 1. The molecule has 4 rings (SSSR count). The van der Waals surface area contributed by atoms with Gasteiger partial charge in [0.2, 0.25) is 0 Å². The van der Waals surface area contributed by atoms with Crippen molar-refractivity contribution in [3.05, 3.63) is 102 Å². The number of nitrogens with zero attached hydrogens (tertiary/aromatic N) is 1. The number of fused-ring (bicyclic) bond motifs is 1. The number of pyridine rings is 1. The van der Waals surface area contributed by atoms with E-state index in [1.807, 2.05) is 24.3 Å². The predicted octanol–water partition coefficient (Wildman–Crippen LogP) is 4.13. The Bertz CT molecular complexity index is 1470. The van der Waals surface area contributed by atoms with Gasteiger partial charge in [-0.05, 0) is 41.1 Å². The van der Waals surface area contributed by atoms with Gasteiger partial charge in [-0.1, -0.05) is 54.3 Å². The van der Waals surface area contributed by atoms with Gasteiger partial charge in [0, 0.05) is 23.5 Å². The number of carbonyl (C=O) groups is 1. The number of benzene rings is 3. The first kappa shape index (κ1) is 20.1. The summed E-state index contributed by atoms with van der Waals surface area (Å²) in [6, 6.07) is 20.6. The normalized spacial score (nSPS) is 10.8. The van der Waals surface area contributed by atoms with E-state index in [0.29, 0.717) is 16.8 Å². The second kappa shape index (κ2) is 8.30. The Kier molecular flexibility index (Phi) is 5.39. The van der Waals surface area contributed by atoms with Crippen LogP contribution >= 0.6 is 0 Å². The number of rotatable bonds is 4. The second-order valence-electron chi connectivity index (χ2n) is 6.68. The lowest BCUT2D eigenvalue weighted by atomic mass is 10.1. The maximum Gasteiger partial charge on any atom is 0.337 e. The topological polar surface area (TPSA) is 96.4 Å². The molecule has 0 radical (unpaired) electrons. The molecule has 1 heterocycles. The van der Waals surface area contributed by atoms with E-state index < -0.39 is 16.0 Å². The summed E-state index contributed by atoms with van der Waals surface area (Å²) < 4.78 is 28.5. The summed E-state index contributed by atoms with van der Waals surface area (Å²) in [4.78, 5) is 15.1. The summed E-state index contributed by atoms with van der Waals surface area (Å²) in [6.07, 6.45) is 2.68. The quantitative estimate of drug-likeness (QED) is 0.477. The minimum Gasteiger partial charge on any atom is -0.478 e. The standard InChI is InChI=1S/C24H16N2O4S/c27-24(28)21-13-17(15-25-16-21)9-10-19-6-3-4-8-23(19)26-31(29,30)22-12-11-18-5-1-2-7-20(18)14-22/h1-8,11-16,26H,(H,27,28). The molecular formula is C24H16N2O4S. The molecule has 0 aliphatic rings. The zero-order valence-electron chi connectivity index (χ0n) is 16.1. The third-order valence-electron chi connectivity index (χ3n) is 4.53. The highest BCUT2D eigenvalue weighted by Crippen LogP contribution is 2.23. The number of carboxylic acids is 1. The van der Waals surface area contributed by atoms with Crippen LogP contribution in [0.2, 0.25) is 0 Å². The number of hydrogen-bond donors (Lipinski definition) is 2. The molecule has 1 aromatic heterocycles. The molecule has 4 aromatic rings. The molecular weight excluding hydrogens is 412 g/mol. The first-order valence-electron chi connectivity index (χ1n) is 9.23. The second-order valence-corrected chi connectivity index (χ2v) is 8.36. The van der Waals surface area contributed by atoms with Gasteiger partial charge >= 0.3 is 5.97 Å². The fraction of sp³-hybridized carbons (Fsp3) is 0. The van der Waals surface area contributed by atoms with E-state index in [0.717, 1.165) is 10.8 Å². The van der Waals surface area contributed by atoms with Gasteiger partial charge < -0.3 is 5.11 Å². The third kappa shape index (κ3) is 4.55.